The minimum Gasteiger partial charge on any atom is -0.409 e. The second-order valence-electron chi connectivity index (χ2n) is 4.61. The molecular weight excluding hydrogens is 230 g/mol. The molecule has 0 spiro atoms. The van der Waals surface area contributed by atoms with Gasteiger partial charge in [0.2, 0.25) is 0 Å². The summed E-state index contributed by atoms with van der Waals surface area (Å²) in [6.45, 7) is 2.56. The molecule has 5 heteroatoms. The molecule has 1 heterocycles. The lowest BCUT2D eigenvalue weighted by atomic mass is 10.1. The van der Waals surface area contributed by atoms with Crippen molar-refractivity contribution in [1.82, 2.24) is 4.90 Å². The molecule has 5 nitrogen and oxygen atoms in total. The van der Waals surface area contributed by atoms with Crippen molar-refractivity contribution in [2.24, 2.45) is 10.9 Å². The van der Waals surface area contributed by atoms with E-state index in [1.165, 1.54) is 5.56 Å². The molecule has 0 amide bonds. The molecule has 0 radical (unpaired) electrons. The van der Waals surface area contributed by atoms with Crippen molar-refractivity contribution >= 4 is 5.84 Å². The zero-order valence-corrected chi connectivity index (χ0v) is 10.5. The van der Waals surface area contributed by atoms with Gasteiger partial charge in [-0.3, -0.25) is 4.90 Å². The molecule has 1 aromatic rings. The first-order chi connectivity index (χ1) is 8.70. The fourth-order valence-electron chi connectivity index (χ4n) is 2.13. The minimum atomic E-state index is 0.138. The molecular formula is C13H19N3O2. The van der Waals surface area contributed by atoms with Gasteiger partial charge in [-0.15, -0.1) is 0 Å². The summed E-state index contributed by atoms with van der Waals surface area (Å²) in [5, 5.41) is 11.6. The molecule has 98 valence electrons. The monoisotopic (exact) mass is 249 g/mol. The number of hydrogen-bond donors (Lipinski definition) is 2. The fourth-order valence-corrected chi connectivity index (χ4v) is 2.13. The Kier molecular flexibility index (Phi) is 4.17. The van der Waals surface area contributed by atoms with Crippen molar-refractivity contribution in [2.45, 2.75) is 19.0 Å². The number of hydrogen-bond acceptors (Lipinski definition) is 4. The summed E-state index contributed by atoms with van der Waals surface area (Å²) in [5.41, 5.74) is 7.46. The number of benzene rings is 1. The van der Waals surface area contributed by atoms with E-state index in [0.717, 1.165) is 31.7 Å². The predicted molar refractivity (Wildman–Crippen MR) is 69.6 cm³/mol. The van der Waals surface area contributed by atoms with Gasteiger partial charge in [-0.1, -0.05) is 29.4 Å². The van der Waals surface area contributed by atoms with E-state index in [2.05, 4.69) is 17.1 Å². The first kappa shape index (κ1) is 12.9. The maximum Gasteiger partial charge on any atom is 0.170 e. The van der Waals surface area contributed by atoms with Crippen LogP contribution in [0, 0.1) is 0 Å². The van der Waals surface area contributed by atoms with E-state index in [4.69, 9.17) is 15.7 Å². The normalized spacial score (nSPS) is 20.6. The lowest BCUT2D eigenvalue weighted by Crippen LogP contribution is -2.31. The van der Waals surface area contributed by atoms with Gasteiger partial charge in [0.1, 0.15) is 0 Å². The van der Waals surface area contributed by atoms with E-state index < -0.39 is 0 Å². The summed E-state index contributed by atoms with van der Waals surface area (Å²) in [5.74, 6) is 0.138. The standard InChI is InChI=1S/C13H19N3O2/c1-16(12-6-7-18-9-12)8-10-2-4-11(5-3-10)13(14)15-17/h2-5,12,17H,6-9H2,1H3,(H2,14,15). The zero-order chi connectivity index (χ0) is 13.0. The van der Waals surface area contributed by atoms with Crippen LogP contribution < -0.4 is 5.73 Å². The molecule has 1 aliphatic rings. The number of rotatable bonds is 4. The van der Waals surface area contributed by atoms with Crippen LogP contribution in [0.25, 0.3) is 0 Å². The maximum absolute atomic E-state index is 8.59. The lowest BCUT2D eigenvalue weighted by Gasteiger charge is -2.22. The van der Waals surface area contributed by atoms with Crippen molar-refractivity contribution in [2.75, 3.05) is 20.3 Å². The van der Waals surface area contributed by atoms with E-state index in [-0.39, 0.29) is 5.84 Å². The van der Waals surface area contributed by atoms with Gasteiger partial charge in [-0.2, -0.15) is 0 Å². The predicted octanol–water partition coefficient (Wildman–Crippen LogP) is 1.00. The Morgan fingerprint density at radius 2 is 2.22 bits per heavy atom. The van der Waals surface area contributed by atoms with E-state index in [1.54, 1.807) is 0 Å². The highest BCUT2D eigenvalue weighted by Gasteiger charge is 2.19. The Morgan fingerprint density at radius 3 is 2.78 bits per heavy atom. The van der Waals surface area contributed by atoms with Crippen LogP contribution in [0.3, 0.4) is 0 Å². The average Bonchev–Trinajstić information content (AvgIpc) is 2.92. The molecule has 18 heavy (non-hydrogen) atoms. The maximum atomic E-state index is 8.59. The number of likely N-dealkylation sites (N-methyl/N-ethyl adjacent to an activating group) is 1. The van der Waals surface area contributed by atoms with Crippen LogP contribution in [-0.4, -0.2) is 42.2 Å². The summed E-state index contributed by atoms with van der Waals surface area (Å²) >= 11 is 0. The SMILES string of the molecule is CN(Cc1ccc(/C(N)=N/O)cc1)C1CCOC1. The number of ether oxygens (including phenoxy) is 1. The number of oxime groups is 1. The van der Waals surface area contributed by atoms with Crippen LogP contribution >= 0.6 is 0 Å². The molecule has 0 aliphatic carbocycles. The van der Waals surface area contributed by atoms with Crippen molar-refractivity contribution in [3.8, 4) is 0 Å². The number of nitrogens with zero attached hydrogens (tertiary/aromatic N) is 2. The third-order valence-corrected chi connectivity index (χ3v) is 3.32. The summed E-state index contributed by atoms with van der Waals surface area (Å²) in [6.07, 6.45) is 1.10. The van der Waals surface area contributed by atoms with Gasteiger partial charge < -0.3 is 15.7 Å². The highest BCUT2D eigenvalue weighted by atomic mass is 16.5. The summed E-state index contributed by atoms with van der Waals surface area (Å²) in [6, 6.07) is 8.24. The molecule has 1 aromatic carbocycles. The van der Waals surface area contributed by atoms with E-state index >= 15 is 0 Å². The van der Waals surface area contributed by atoms with Gasteiger partial charge in [0.05, 0.1) is 6.61 Å². The first-order valence-corrected chi connectivity index (χ1v) is 6.05. The molecule has 0 saturated carbocycles. The molecule has 1 atom stereocenters. The summed E-state index contributed by atoms with van der Waals surface area (Å²) in [7, 11) is 2.11. The van der Waals surface area contributed by atoms with Gasteiger partial charge in [0, 0.05) is 24.8 Å². The van der Waals surface area contributed by atoms with E-state index in [1.807, 2.05) is 24.3 Å². The second kappa shape index (κ2) is 5.84. The lowest BCUT2D eigenvalue weighted by molar-refractivity contribution is 0.156. The Hall–Kier alpha value is -1.59. The van der Waals surface area contributed by atoms with Gasteiger partial charge in [0.15, 0.2) is 5.84 Å². The molecule has 1 fully saturated rings. The largest absolute Gasteiger partial charge is 0.409 e. The van der Waals surface area contributed by atoms with Gasteiger partial charge in [-0.25, -0.2) is 0 Å². The van der Waals surface area contributed by atoms with Gasteiger partial charge in [-0.05, 0) is 19.0 Å². The summed E-state index contributed by atoms with van der Waals surface area (Å²) < 4.78 is 5.38. The quantitative estimate of drug-likeness (QED) is 0.361. The van der Waals surface area contributed by atoms with Crippen molar-refractivity contribution in [1.29, 1.82) is 0 Å². The van der Waals surface area contributed by atoms with Crippen LogP contribution in [0.5, 0.6) is 0 Å². The molecule has 1 unspecified atom stereocenters. The fraction of sp³-hybridized carbons (Fsp3) is 0.462. The van der Waals surface area contributed by atoms with Crippen LogP contribution in [-0.2, 0) is 11.3 Å². The van der Waals surface area contributed by atoms with Gasteiger partial charge >= 0.3 is 0 Å². The van der Waals surface area contributed by atoms with Crippen LogP contribution in [0.4, 0.5) is 0 Å². The minimum absolute atomic E-state index is 0.138. The highest BCUT2D eigenvalue weighted by Crippen LogP contribution is 2.14. The smallest absolute Gasteiger partial charge is 0.170 e. The summed E-state index contributed by atoms with van der Waals surface area (Å²) in [4.78, 5) is 2.30. The highest BCUT2D eigenvalue weighted by molar-refractivity contribution is 5.96. The third kappa shape index (κ3) is 3.00. The molecule has 0 aromatic heterocycles. The Labute approximate surface area is 107 Å². The Morgan fingerprint density at radius 1 is 1.50 bits per heavy atom. The topological polar surface area (TPSA) is 71.1 Å². The molecule has 2 rings (SSSR count). The molecule has 0 bridgehead atoms. The van der Waals surface area contributed by atoms with Gasteiger partial charge in [0.25, 0.3) is 0 Å². The third-order valence-electron chi connectivity index (χ3n) is 3.32. The van der Waals surface area contributed by atoms with Crippen LogP contribution in [0.15, 0.2) is 29.4 Å². The van der Waals surface area contributed by atoms with Crippen LogP contribution in [0.2, 0.25) is 0 Å². The van der Waals surface area contributed by atoms with Crippen molar-refractivity contribution in [3.63, 3.8) is 0 Å². The van der Waals surface area contributed by atoms with E-state index in [9.17, 15) is 0 Å². The molecule has 1 aliphatic heterocycles. The number of amidine groups is 1. The molecule has 3 N–H and O–H groups in total. The zero-order valence-electron chi connectivity index (χ0n) is 10.5. The average molecular weight is 249 g/mol. The van der Waals surface area contributed by atoms with Crippen LogP contribution in [0.1, 0.15) is 17.5 Å². The number of nitrogens with two attached hydrogens (primary N) is 1. The molecule has 1 saturated heterocycles. The Bertz CT molecular complexity index is 411. The van der Waals surface area contributed by atoms with Crippen molar-refractivity contribution in [3.05, 3.63) is 35.4 Å². The van der Waals surface area contributed by atoms with E-state index in [0.29, 0.717) is 6.04 Å². The first-order valence-electron chi connectivity index (χ1n) is 6.05. The second-order valence-corrected chi connectivity index (χ2v) is 4.61. The Balaban J connectivity index is 1.97. The van der Waals surface area contributed by atoms with Crippen molar-refractivity contribution < 1.29 is 9.94 Å².